The van der Waals surface area contributed by atoms with E-state index in [1.165, 1.54) is 18.5 Å². The molecule has 1 aromatic heterocycles. The molecule has 0 radical (unpaired) electrons. The van der Waals surface area contributed by atoms with Gasteiger partial charge in [-0.2, -0.15) is 5.10 Å². The van der Waals surface area contributed by atoms with Crippen molar-refractivity contribution in [2.45, 2.75) is 38.1 Å². The van der Waals surface area contributed by atoms with Gasteiger partial charge in [0.1, 0.15) is 0 Å². The summed E-state index contributed by atoms with van der Waals surface area (Å²) in [5, 5.41) is 13.3. The van der Waals surface area contributed by atoms with E-state index < -0.39 is 11.9 Å². The molecule has 1 aliphatic heterocycles. The molecule has 1 N–H and O–H groups in total. The molecule has 0 spiro atoms. The summed E-state index contributed by atoms with van der Waals surface area (Å²) in [5.74, 6) is -0.777. The third kappa shape index (κ3) is 2.69. The highest BCUT2D eigenvalue weighted by atomic mass is 16.4. The number of aromatic nitrogens is 2. The molecule has 6 heteroatoms. The van der Waals surface area contributed by atoms with Crippen LogP contribution in [0.2, 0.25) is 0 Å². The minimum Gasteiger partial charge on any atom is -0.481 e. The number of hydrogen-bond acceptors (Lipinski definition) is 3. The first-order valence-electron chi connectivity index (χ1n) is 7.17. The molecule has 1 aliphatic carbocycles. The molecular formula is C14H19N3O3. The molecule has 0 bridgehead atoms. The lowest BCUT2D eigenvalue weighted by molar-refractivity contribution is -0.141. The second-order valence-corrected chi connectivity index (χ2v) is 5.69. The van der Waals surface area contributed by atoms with Crippen molar-refractivity contribution in [2.24, 2.45) is 5.92 Å². The Labute approximate surface area is 117 Å². The average Bonchev–Trinajstić information content (AvgIpc) is 3.03. The molecular weight excluding hydrogens is 258 g/mol. The number of hydrogen-bond donors (Lipinski definition) is 1. The third-order valence-electron chi connectivity index (χ3n) is 4.11. The summed E-state index contributed by atoms with van der Waals surface area (Å²) >= 11 is 0. The van der Waals surface area contributed by atoms with Gasteiger partial charge in [0.15, 0.2) is 0 Å². The molecule has 0 aromatic carbocycles. The van der Waals surface area contributed by atoms with Gasteiger partial charge in [0, 0.05) is 43.9 Å². The zero-order chi connectivity index (χ0) is 14.1. The van der Waals surface area contributed by atoms with Gasteiger partial charge in [0.25, 0.3) is 0 Å². The van der Waals surface area contributed by atoms with E-state index in [0.29, 0.717) is 19.0 Å². The number of rotatable bonds is 6. The summed E-state index contributed by atoms with van der Waals surface area (Å²) < 4.78 is 2.02. The molecule has 1 atom stereocenters. The largest absolute Gasteiger partial charge is 0.481 e. The fourth-order valence-corrected chi connectivity index (χ4v) is 2.82. The van der Waals surface area contributed by atoms with Crippen molar-refractivity contribution >= 4 is 11.9 Å². The number of carboxylic acid groups (broad SMARTS) is 1. The van der Waals surface area contributed by atoms with Crippen molar-refractivity contribution in [1.82, 2.24) is 14.7 Å². The van der Waals surface area contributed by atoms with Crippen LogP contribution < -0.4 is 0 Å². The van der Waals surface area contributed by atoms with Gasteiger partial charge in [-0.25, -0.2) is 0 Å². The van der Waals surface area contributed by atoms with Crippen LogP contribution in [0.4, 0.5) is 0 Å². The number of aliphatic carboxylic acids is 1. The summed E-state index contributed by atoms with van der Waals surface area (Å²) in [6.07, 6.45) is 5.28. The van der Waals surface area contributed by atoms with Crippen LogP contribution in [0.15, 0.2) is 12.3 Å². The van der Waals surface area contributed by atoms with Gasteiger partial charge >= 0.3 is 5.97 Å². The molecule has 2 fully saturated rings. The molecule has 2 aliphatic rings. The van der Waals surface area contributed by atoms with Gasteiger partial charge < -0.3 is 10.0 Å². The molecule has 0 unspecified atom stereocenters. The van der Waals surface area contributed by atoms with E-state index in [4.69, 9.17) is 5.11 Å². The minimum absolute atomic E-state index is 0.0414. The van der Waals surface area contributed by atoms with Crippen molar-refractivity contribution in [2.75, 3.05) is 13.1 Å². The molecule has 2 heterocycles. The van der Waals surface area contributed by atoms with Crippen molar-refractivity contribution in [3.8, 4) is 0 Å². The lowest BCUT2D eigenvalue weighted by Gasteiger charge is -2.16. The van der Waals surface area contributed by atoms with Crippen LogP contribution in [-0.4, -0.2) is 44.8 Å². The van der Waals surface area contributed by atoms with Gasteiger partial charge in [0.05, 0.1) is 5.92 Å². The number of carboxylic acids is 1. The summed E-state index contributed by atoms with van der Waals surface area (Å²) in [5.41, 5.74) is 1.29. The number of aryl methyl sites for hydroxylation is 1. The van der Waals surface area contributed by atoms with Crippen LogP contribution in [-0.2, 0) is 16.1 Å². The highest BCUT2D eigenvalue weighted by molar-refractivity contribution is 5.86. The first-order chi connectivity index (χ1) is 9.65. The number of carbonyl (C=O) groups is 2. The van der Waals surface area contributed by atoms with Gasteiger partial charge in [-0.1, -0.05) is 0 Å². The molecule has 108 valence electrons. The molecule has 6 nitrogen and oxygen atoms in total. The van der Waals surface area contributed by atoms with E-state index in [9.17, 15) is 9.59 Å². The number of carbonyl (C=O) groups excluding carboxylic acids is 1. The normalized spacial score (nSPS) is 22.5. The predicted octanol–water partition coefficient (Wildman–Crippen LogP) is 1.08. The second-order valence-electron chi connectivity index (χ2n) is 5.69. The van der Waals surface area contributed by atoms with Crippen LogP contribution in [0.5, 0.6) is 0 Å². The lowest BCUT2D eigenvalue weighted by Crippen LogP contribution is -2.28. The van der Waals surface area contributed by atoms with Gasteiger partial charge in [-0.15, -0.1) is 0 Å². The quantitative estimate of drug-likeness (QED) is 0.844. The Morgan fingerprint density at radius 3 is 2.85 bits per heavy atom. The van der Waals surface area contributed by atoms with Crippen molar-refractivity contribution in [1.29, 1.82) is 0 Å². The number of likely N-dealkylation sites (tertiary alicyclic amines) is 1. The lowest BCUT2D eigenvalue weighted by atomic mass is 10.1. The molecule has 3 rings (SSSR count). The number of amides is 1. The molecule has 1 amide bonds. The monoisotopic (exact) mass is 277 g/mol. The van der Waals surface area contributed by atoms with Crippen molar-refractivity contribution in [3.63, 3.8) is 0 Å². The highest BCUT2D eigenvalue weighted by Crippen LogP contribution is 2.39. The van der Waals surface area contributed by atoms with E-state index in [1.807, 2.05) is 10.9 Å². The van der Waals surface area contributed by atoms with Gasteiger partial charge in [0.2, 0.25) is 5.91 Å². The van der Waals surface area contributed by atoms with Crippen LogP contribution in [0.1, 0.15) is 37.3 Å². The summed E-state index contributed by atoms with van der Waals surface area (Å²) in [4.78, 5) is 24.3. The zero-order valence-electron chi connectivity index (χ0n) is 11.4. The van der Waals surface area contributed by atoms with Crippen LogP contribution in [0, 0.1) is 5.92 Å². The fourth-order valence-electron chi connectivity index (χ4n) is 2.82. The Hall–Kier alpha value is -1.85. The van der Waals surface area contributed by atoms with Gasteiger partial charge in [-0.05, 0) is 25.3 Å². The Morgan fingerprint density at radius 2 is 2.20 bits per heavy atom. The average molecular weight is 277 g/mol. The van der Waals surface area contributed by atoms with Crippen LogP contribution in [0.3, 0.4) is 0 Å². The Kier molecular flexibility index (Phi) is 3.46. The van der Waals surface area contributed by atoms with E-state index in [1.54, 1.807) is 4.90 Å². The maximum atomic E-state index is 11.7. The second kappa shape index (κ2) is 5.26. The Balaban J connectivity index is 1.49. The van der Waals surface area contributed by atoms with E-state index in [0.717, 1.165) is 13.0 Å². The fraction of sp³-hybridized carbons (Fsp3) is 0.643. The molecule has 1 saturated carbocycles. The number of nitrogens with zero attached hydrogens (tertiary/aromatic N) is 3. The zero-order valence-corrected chi connectivity index (χ0v) is 11.4. The standard InChI is InChI=1S/C14H19N3O3/c18-13-8-11(14(19)20)9-16(13)6-1-7-17-12(4-5-15-17)10-2-3-10/h4-5,10-11H,1-3,6-9H2,(H,19,20)/t11-/m1/s1. The maximum Gasteiger partial charge on any atom is 0.308 e. The van der Waals surface area contributed by atoms with E-state index in [-0.39, 0.29) is 12.3 Å². The van der Waals surface area contributed by atoms with E-state index >= 15 is 0 Å². The SMILES string of the molecule is O=C(O)[C@@H]1CC(=O)N(CCCn2nccc2C2CC2)C1. The van der Waals surface area contributed by atoms with Crippen molar-refractivity contribution < 1.29 is 14.7 Å². The molecule has 1 saturated heterocycles. The topological polar surface area (TPSA) is 75.4 Å². The first-order valence-corrected chi connectivity index (χ1v) is 7.17. The van der Waals surface area contributed by atoms with Gasteiger partial charge in [-0.3, -0.25) is 14.3 Å². The highest BCUT2D eigenvalue weighted by Gasteiger charge is 2.33. The summed E-state index contributed by atoms with van der Waals surface area (Å²) in [6, 6.07) is 2.07. The smallest absolute Gasteiger partial charge is 0.308 e. The van der Waals surface area contributed by atoms with Crippen LogP contribution in [0.25, 0.3) is 0 Å². The minimum atomic E-state index is -0.871. The molecule has 20 heavy (non-hydrogen) atoms. The van der Waals surface area contributed by atoms with Crippen molar-refractivity contribution in [3.05, 3.63) is 18.0 Å². The maximum absolute atomic E-state index is 11.7. The summed E-state index contributed by atoms with van der Waals surface area (Å²) in [6.45, 7) is 1.76. The van der Waals surface area contributed by atoms with E-state index in [2.05, 4.69) is 11.2 Å². The Morgan fingerprint density at radius 1 is 1.40 bits per heavy atom. The third-order valence-corrected chi connectivity index (χ3v) is 4.11. The summed E-state index contributed by atoms with van der Waals surface area (Å²) in [7, 11) is 0. The predicted molar refractivity (Wildman–Crippen MR) is 71.1 cm³/mol. The Bertz CT molecular complexity index is 521. The first kappa shape index (κ1) is 13.1. The molecule has 1 aromatic rings. The van der Waals surface area contributed by atoms with Crippen LogP contribution >= 0.6 is 0 Å².